The molecule has 0 radical (unpaired) electrons. The van der Waals surface area contributed by atoms with E-state index in [1.165, 1.54) is 0 Å². The number of pyridine rings is 1. The molecule has 0 unspecified atom stereocenters. The summed E-state index contributed by atoms with van der Waals surface area (Å²) in [5, 5.41) is 9.37. The van der Waals surface area contributed by atoms with Crippen molar-refractivity contribution >= 4 is 5.82 Å². The molecule has 0 aromatic carbocycles. The number of aliphatic hydroxyl groups excluding tert-OH is 1. The van der Waals surface area contributed by atoms with Crippen molar-refractivity contribution in [3.63, 3.8) is 0 Å². The van der Waals surface area contributed by atoms with E-state index in [-0.39, 0.29) is 12.1 Å². The van der Waals surface area contributed by atoms with Crippen molar-refractivity contribution in [2.45, 2.75) is 46.3 Å². The SMILES string of the molecule is CCc1cc(CO)cc(N2CCN(C(C)(C)C)CC2)n1. The summed E-state index contributed by atoms with van der Waals surface area (Å²) in [5.74, 6) is 1.02. The maximum absolute atomic E-state index is 9.37. The summed E-state index contributed by atoms with van der Waals surface area (Å²) < 4.78 is 0. The zero-order chi connectivity index (χ0) is 14.8. The van der Waals surface area contributed by atoms with Crippen LogP contribution in [0.3, 0.4) is 0 Å². The van der Waals surface area contributed by atoms with Gasteiger partial charge in [-0.1, -0.05) is 6.92 Å². The van der Waals surface area contributed by atoms with Crippen molar-refractivity contribution in [1.82, 2.24) is 9.88 Å². The Hall–Kier alpha value is -1.13. The van der Waals surface area contributed by atoms with Crippen LogP contribution in [-0.4, -0.2) is 46.7 Å². The quantitative estimate of drug-likeness (QED) is 0.918. The maximum atomic E-state index is 9.37. The molecule has 0 spiro atoms. The van der Waals surface area contributed by atoms with Gasteiger partial charge in [-0.3, -0.25) is 4.90 Å². The highest BCUT2D eigenvalue weighted by Gasteiger charge is 2.26. The fraction of sp³-hybridized carbons (Fsp3) is 0.688. The normalized spacial score (nSPS) is 17.6. The van der Waals surface area contributed by atoms with Crippen molar-refractivity contribution in [2.75, 3.05) is 31.1 Å². The largest absolute Gasteiger partial charge is 0.392 e. The average Bonchev–Trinajstić information content (AvgIpc) is 2.46. The van der Waals surface area contributed by atoms with Crippen LogP contribution in [0.5, 0.6) is 0 Å². The van der Waals surface area contributed by atoms with Crippen LogP contribution in [0.1, 0.15) is 39.0 Å². The Balaban J connectivity index is 2.10. The van der Waals surface area contributed by atoms with Crippen molar-refractivity contribution in [3.05, 3.63) is 23.4 Å². The first kappa shape index (κ1) is 15.3. The molecule has 0 saturated carbocycles. The molecule has 0 bridgehead atoms. The number of hydrogen-bond donors (Lipinski definition) is 1. The highest BCUT2D eigenvalue weighted by atomic mass is 16.3. The van der Waals surface area contributed by atoms with E-state index >= 15 is 0 Å². The first-order chi connectivity index (χ1) is 9.44. The molecular weight excluding hydrogens is 250 g/mol. The molecule has 4 nitrogen and oxygen atoms in total. The summed E-state index contributed by atoms with van der Waals surface area (Å²) in [6.45, 7) is 13.1. The molecule has 0 aliphatic carbocycles. The summed E-state index contributed by atoms with van der Waals surface area (Å²) in [6, 6.07) is 4.01. The number of rotatable bonds is 3. The van der Waals surface area contributed by atoms with Crippen LogP contribution >= 0.6 is 0 Å². The molecule has 2 heterocycles. The Labute approximate surface area is 122 Å². The van der Waals surface area contributed by atoms with E-state index in [1.807, 2.05) is 12.1 Å². The minimum Gasteiger partial charge on any atom is -0.392 e. The molecule has 1 fully saturated rings. The second-order valence-electron chi connectivity index (χ2n) is 6.48. The molecule has 20 heavy (non-hydrogen) atoms. The highest BCUT2D eigenvalue weighted by Crippen LogP contribution is 2.21. The van der Waals surface area contributed by atoms with Gasteiger partial charge in [0.05, 0.1) is 6.61 Å². The highest BCUT2D eigenvalue weighted by molar-refractivity contribution is 5.43. The molecule has 0 atom stereocenters. The lowest BCUT2D eigenvalue weighted by molar-refractivity contribution is 0.128. The zero-order valence-electron chi connectivity index (χ0n) is 13.2. The predicted molar refractivity (Wildman–Crippen MR) is 83.1 cm³/mol. The van der Waals surface area contributed by atoms with E-state index in [4.69, 9.17) is 4.98 Å². The lowest BCUT2D eigenvalue weighted by Gasteiger charge is -2.42. The smallest absolute Gasteiger partial charge is 0.129 e. The molecule has 4 heteroatoms. The number of piperazine rings is 1. The van der Waals surface area contributed by atoms with Crippen molar-refractivity contribution in [1.29, 1.82) is 0 Å². The molecule has 1 aromatic heterocycles. The van der Waals surface area contributed by atoms with E-state index in [1.54, 1.807) is 0 Å². The average molecular weight is 277 g/mol. The van der Waals surface area contributed by atoms with Gasteiger partial charge in [-0.05, 0) is 44.9 Å². The van der Waals surface area contributed by atoms with Gasteiger partial charge < -0.3 is 10.0 Å². The van der Waals surface area contributed by atoms with E-state index in [0.717, 1.165) is 49.7 Å². The fourth-order valence-corrected chi connectivity index (χ4v) is 2.67. The molecule has 1 aromatic rings. The zero-order valence-corrected chi connectivity index (χ0v) is 13.2. The molecule has 1 aliphatic heterocycles. The van der Waals surface area contributed by atoms with Gasteiger partial charge in [-0.15, -0.1) is 0 Å². The van der Waals surface area contributed by atoms with Gasteiger partial charge in [-0.25, -0.2) is 4.98 Å². The van der Waals surface area contributed by atoms with Crippen LogP contribution in [0.2, 0.25) is 0 Å². The van der Waals surface area contributed by atoms with Gasteiger partial charge in [0.2, 0.25) is 0 Å². The van der Waals surface area contributed by atoms with Crippen LogP contribution in [0.4, 0.5) is 5.82 Å². The van der Waals surface area contributed by atoms with Gasteiger partial charge >= 0.3 is 0 Å². The van der Waals surface area contributed by atoms with Crippen LogP contribution in [0, 0.1) is 0 Å². The number of hydrogen-bond acceptors (Lipinski definition) is 4. The van der Waals surface area contributed by atoms with Gasteiger partial charge in [0.1, 0.15) is 5.82 Å². The molecule has 112 valence electrons. The lowest BCUT2D eigenvalue weighted by Crippen LogP contribution is -2.53. The third-order valence-electron chi connectivity index (χ3n) is 4.02. The topological polar surface area (TPSA) is 39.6 Å². The Morgan fingerprint density at radius 2 is 1.80 bits per heavy atom. The van der Waals surface area contributed by atoms with Gasteiger partial charge in [0, 0.05) is 37.4 Å². The number of nitrogens with zero attached hydrogens (tertiary/aromatic N) is 3. The first-order valence-corrected chi connectivity index (χ1v) is 7.54. The van der Waals surface area contributed by atoms with Crippen molar-refractivity contribution < 1.29 is 5.11 Å². The standard InChI is InChI=1S/C16H27N3O/c1-5-14-10-13(12-20)11-15(17-14)18-6-8-19(9-7-18)16(2,3)4/h10-11,20H,5-9,12H2,1-4H3. The summed E-state index contributed by atoms with van der Waals surface area (Å²) in [6.07, 6.45) is 0.906. The number of aryl methyl sites for hydroxylation is 1. The van der Waals surface area contributed by atoms with Gasteiger partial charge in [0.25, 0.3) is 0 Å². The lowest BCUT2D eigenvalue weighted by atomic mass is 10.0. The predicted octanol–water partition coefficient (Wildman–Crippen LogP) is 2.06. The van der Waals surface area contributed by atoms with Gasteiger partial charge in [-0.2, -0.15) is 0 Å². The third-order valence-corrected chi connectivity index (χ3v) is 4.02. The first-order valence-electron chi connectivity index (χ1n) is 7.54. The minimum absolute atomic E-state index is 0.0878. The number of aromatic nitrogens is 1. The van der Waals surface area contributed by atoms with Crippen molar-refractivity contribution in [2.24, 2.45) is 0 Å². The third kappa shape index (κ3) is 3.49. The summed E-state index contributed by atoms with van der Waals surface area (Å²) in [7, 11) is 0. The maximum Gasteiger partial charge on any atom is 0.129 e. The molecule has 1 aliphatic rings. The monoisotopic (exact) mass is 277 g/mol. The Morgan fingerprint density at radius 1 is 1.15 bits per heavy atom. The summed E-state index contributed by atoms with van der Waals surface area (Å²) in [4.78, 5) is 9.55. The van der Waals surface area contributed by atoms with Crippen LogP contribution in [-0.2, 0) is 13.0 Å². The molecule has 2 rings (SSSR count). The van der Waals surface area contributed by atoms with Gasteiger partial charge in [0.15, 0.2) is 0 Å². The Morgan fingerprint density at radius 3 is 2.30 bits per heavy atom. The molecule has 0 amide bonds. The van der Waals surface area contributed by atoms with E-state index in [2.05, 4.69) is 37.5 Å². The number of aliphatic hydroxyl groups is 1. The second-order valence-corrected chi connectivity index (χ2v) is 6.48. The molecule has 1 saturated heterocycles. The van der Waals surface area contributed by atoms with E-state index in [9.17, 15) is 5.11 Å². The van der Waals surface area contributed by atoms with Crippen LogP contribution < -0.4 is 4.90 Å². The van der Waals surface area contributed by atoms with E-state index in [0.29, 0.717) is 0 Å². The Bertz CT molecular complexity index is 423. The van der Waals surface area contributed by atoms with Crippen molar-refractivity contribution in [3.8, 4) is 0 Å². The molecular formula is C16H27N3O. The Kier molecular flexibility index (Phi) is 4.66. The fourth-order valence-electron chi connectivity index (χ4n) is 2.67. The summed E-state index contributed by atoms with van der Waals surface area (Å²) in [5.41, 5.74) is 2.26. The second kappa shape index (κ2) is 6.10. The minimum atomic E-state index is 0.0878. The number of anilines is 1. The van der Waals surface area contributed by atoms with Crippen LogP contribution in [0.25, 0.3) is 0 Å². The molecule has 1 N–H and O–H groups in total. The summed E-state index contributed by atoms with van der Waals surface area (Å²) >= 11 is 0. The van der Waals surface area contributed by atoms with Crippen LogP contribution in [0.15, 0.2) is 12.1 Å². The van der Waals surface area contributed by atoms with E-state index < -0.39 is 0 Å².